The molecule has 7 heteroatoms. The van der Waals surface area contributed by atoms with Crippen LogP contribution in [-0.4, -0.2) is 19.9 Å². The average Bonchev–Trinajstić information content (AvgIpc) is 3.44. The lowest BCUT2D eigenvalue weighted by Gasteiger charge is -2.25. The number of imidazole rings is 1. The topological polar surface area (TPSA) is 79.0 Å². The summed E-state index contributed by atoms with van der Waals surface area (Å²) in [6.45, 7) is 1.36. The molecule has 7 nitrogen and oxygen atoms in total. The van der Waals surface area contributed by atoms with Gasteiger partial charge in [-0.1, -0.05) is 78.9 Å². The number of hydrogen-bond donors (Lipinski definition) is 2. The molecular formula is C31H26N6O. The Kier molecular flexibility index (Phi) is 6.63. The molecule has 0 aliphatic carbocycles. The molecule has 0 spiro atoms. The number of para-hydroxylation sites is 1. The van der Waals surface area contributed by atoms with Gasteiger partial charge < -0.3 is 19.9 Å². The molecule has 2 aromatic heterocycles. The summed E-state index contributed by atoms with van der Waals surface area (Å²) in [7, 11) is 0. The van der Waals surface area contributed by atoms with E-state index in [1.54, 1.807) is 6.33 Å². The van der Waals surface area contributed by atoms with E-state index in [1.807, 2.05) is 66.7 Å². The molecule has 0 amide bonds. The van der Waals surface area contributed by atoms with E-state index in [-0.39, 0.29) is 0 Å². The molecule has 6 rings (SSSR count). The number of nitrogens with zero attached hydrogens (tertiary/aromatic N) is 4. The zero-order valence-corrected chi connectivity index (χ0v) is 20.7. The Morgan fingerprint density at radius 2 is 1.24 bits per heavy atom. The van der Waals surface area contributed by atoms with E-state index in [9.17, 15) is 0 Å². The van der Waals surface area contributed by atoms with Gasteiger partial charge in [0.1, 0.15) is 11.5 Å². The fourth-order valence-electron chi connectivity index (χ4n) is 4.27. The molecule has 4 aromatic carbocycles. The molecule has 0 aliphatic rings. The van der Waals surface area contributed by atoms with Gasteiger partial charge in [-0.25, -0.2) is 4.98 Å². The summed E-state index contributed by atoms with van der Waals surface area (Å²) in [4.78, 5) is 19.6. The SMILES string of the molecule is c1ccc(CN(Cc2ccccc2)c2nc(Nc3ccc(Oc4ccccc4)cc3)nc3[nH]cnc23)cc1. The van der Waals surface area contributed by atoms with Crippen molar-refractivity contribution in [3.63, 3.8) is 0 Å². The van der Waals surface area contributed by atoms with Crippen molar-refractivity contribution in [3.8, 4) is 11.5 Å². The lowest BCUT2D eigenvalue weighted by atomic mass is 10.1. The molecule has 0 radical (unpaired) electrons. The highest BCUT2D eigenvalue weighted by atomic mass is 16.5. The van der Waals surface area contributed by atoms with Crippen molar-refractivity contribution in [2.45, 2.75) is 13.1 Å². The lowest BCUT2D eigenvalue weighted by molar-refractivity contribution is 0.483. The van der Waals surface area contributed by atoms with Crippen molar-refractivity contribution in [3.05, 3.63) is 133 Å². The van der Waals surface area contributed by atoms with Crippen molar-refractivity contribution in [2.24, 2.45) is 0 Å². The van der Waals surface area contributed by atoms with Gasteiger partial charge in [-0.3, -0.25) is 0 Å². The van der Waals surface area contributed by atoms with Gasteiger partial charge in [0.25, 0.3) is 0 Å². The number of ether oxygens (including phenoxy) is 1. The summed E-state index contributed by atoms with van der Waals surface area (Å²) in [5, 5.41) is 3.35. The monoisotopic (exact) mass is 498 g/mol. The van der Waals surface area contributed by atoms with Gasteiger partial charge in [0.15, 0.2) is 17.0 Å². The number of aromatic nitrogens is 4. The predicted octanol–water partition coefficient (Wildman–Crippen LogP) is 7.10. The van der Waals surface area contributed by atoms with E-state index < -0.39 is 0 Å². The van der Waals surface area contributed by atoms with Crippen molar-refractivity contribution < 1.29 is 4.74 Å². The standard InChI is InChI=1S/C31H26N6O/c1-4-10-23(11-5-1)20-37(21-24-12-6-2-7-13-24)30-28-29(33-22-32-28)35-31(36-30)34-25-16-18-27(19-17-25)38-26-14-8-3-9-15-26/h1-19,22H,20-21H2,(H2,32,33,34,35,36). The zero-order valence-electron chi connectivity index (χ0n) is 20.7. The average molecular weight is 499 g/mol. The maximum absolute atomic E-state index is 5.92. The second-order valence-corrected chi connectivity index (χ2v) is 8.86. The largest absolute Gasteiger partial charge is 0.457 e. The first-order valence-corrected chi connectivity index (χ1v) is 12.4. The molecule has 0 unspecified atom stereocenters. The van der Waals surface area contributed by atoms with Gasteiger partial charge in [-0.2, -0.15) is 9.97 Å². The molecule has 2 N–H and O–H groups in total. The van der Waals surface area contributed by atoms with Gasteiger partial charge in [0, 0.05) is 18.8 Å². The van der Waals surface area contributed by atoms with E-state index in [0.717, 1.165) is 28.5 Å². The number of nitrogens with one attached hydrogen (secondary N) is 2. The van der Waals surface area contributed by atoms with Crippen molar-refractivity contribution in [1.29, 1.82) is 0 Å². The van der Waals surface area contributed by atoms with Gasteiger partial charge >= 0.3 is 0 Å². The summed E-state index contributed by atoms with van der Waals surface area (Å²) in [6.07, 6.45) is 1.66. The molecule has 0 bridgehead atoms. The lowest BCUT2D eigenvalue weighted by Crippen LogP contribution is -2.24. The number of anilines is 3. The Balaban J connectivity index is 1.30. The number of aromatic amines is 1. The summed E-state index contributed by atoms with van der Waals surface area (Å²) in [6, 6.07) is 38.2. The molecule has 0 aliphatic heterocycles. The third kappa shape index (κ3) is 5.47. The number of benzene rings is 4. The first-order chi connectivity index (χ1) is 18.8. The van der Waals surface area contributed by atoms with Crippen LogP contribution >= 0.6 is 0 Å². The minimum absolute atomic E-state index is 0.486. The molecule has 0 fully saturated rings. The maximum Gasteiger partial charge on any atom is 0.231 e. The Bertz CT molecular complexity index is 1560. The fourth-order valence-corrected chi connectivity index (χ4v) is 4.27. The van der Waals surface area contributed by atoms with Crippen LogP contribution in [0, 0.1) is 0 Å². The Labute approximate surface area is 220 Å². The molecule has 38 heavy (non-hydrogen) atoms. The third-order valence-electron chi connectivity index (χ3n) is 6.08. The van der Waals surface area contributed by atoms with E-state index in [2.05, 4.69) is 73.7 Å². The van der Waals surface area contributed by atoms with Crippen LogP contribution in [0.25, 0.3) is 11.2 Å². The first kappa shape index (κ1) is 23.2. The van der Waals surface area contributed by atoms with E-state index >= 15 is 0 Å². The highest BCUT2D eigenvalue weighted by Gasteiger charge is 2.18. The summed E-state index contributed by atoms with van der Waals surface area (Å²) >= 11 is 0. The van der Waals surface area contributed by atoms with Crippen LogP contribution in [0.15, 0.2) is 122 Å². The van der Waals surface area contributed by atoms with Crippen LogP contribution in [-0.2, 0) is 13.1 Å². The molecular weight excluding hydrogens is 472 g/mol. The molecule has 0 saturated carbocycles. The molecule has 0 saturated heterocycles. The van der Waals surface area contributed by atoms with Crippen molar-refractivity contribution >= 4 is 28.6 Å². The predicted molar refractivity (Wildman–Crippen MR) is 151 cm³/mol. The minimum Gasteiger partial charge on any atom is -0.457 e. The van der Waals surface area contributed by atoms with E-state index in [4.69, 9.17) is 9.72 Å². The van der Waals surface area contributed by atoms with E-state index in [0.29, 0.717) is 24.7 Å². The molecule has 0 atom stereocenters. The highest BCUT2D eigenvalue weighted by Crippen LogP contribution is 2.28. The van der Waals surface area contributed by atoms with Gasteiger partial charge in [0.2, 0.25) is 5.95 Å². The maximum atomic E-state index is 5.92. The van der Waals surface area contributed by atoms with Crippen LogP contribution < -0.4 is 15.0 Å². The minimum atomic E-state index is 0.486. The van der Waals surface area contributed by atoms with Crippen LogP contribution in [0.2, 0.25) is 0 Å². The number of H-pyrrole nitrogens is 1. The molecule has 6 aromatic rings. The normalized spacial score (nSPS) is 10.8. The summed E-state index contributed by atoms with van der Waals surface area (Å²) < 4.78 is 5.92. The fraction of sp³-hybridized carbons (Fsp3) is 0.0645. The number of fused-ring (bicyclic) bond motifs is 1. The summed E-state index contributed by atoms with van der Waals surface area (Å²) in [5.74, 6) is 2.79. The van der Waals surface area contributed by atoms with Crippen molar-refractivity contribution in [1.82, 2.24) is 19.9 Å². The Morgan fingerprint density at radius 1 is 0.658 bits per heavy atom. The van der Waals surface area contributed by atoms with Crippen LogP contribution in [0.1, 0.15) is 11.1 Å². The third-order valence-corrected chi connectivity index (χ3v) is 6.08. The highest BCUT2D eigenvalue weighted by molar-refractivity contribution is 5.84. The van der Waals surface area contributed by atoms with Crippen LogP contribution in [0.5, 0.6) is 11.5 Å². The second kappa shape index (κ2) is 10.8. The van der Waals surface area contributed by atoms with Crippen LogP contribution in [0.4, 0.5) is 17.5 Å². The zero-order chi connectivity index (χ0) is 25.6. The quantitative estimate of drug-likeness (QED) is 0.221. The number of hydrogen-bond acceptors (Lipinski definition) is 6. The second-order valence-electron chi connectivity index (χ2n) is 8.86. The van der Waals surface area contributed by atoms with E-state index in [1.165, 1.54) is 11.1 Å². The van der Waals surface area contributed by atoms with Gasteiger partial charge in [-0.15, -0.1) is 0 Å². The summed E-state index contributed by atoms with van der Waals surface area (Å²) in [5.41, 5.74) is 4.64. The number of rotatable bonds is 9. The Hall–Kier alpha value is -5.17. The Morgan fingerprint density at radius 3 is 1.87 bits per heavy atom. The smallest absolute Gasteiger partial charge is 0.231 e. The first-order valence-electron chi connectivity index (χ1n) is 12.4. The van der Waals surface area contributed by atoms with Crippen molar-refractivity contribution in [2.75, 3.05) is 10.2 Å². The van der Waals surface area contributed by atoms with Gasteiger partial charge in [-0.05, 0) is 47.5 Å². The van der Waals surface area contributed by atoms with Gasteiger partial charge in [0.05, 0.1) is 6.33 Å². The van der Waals surface area contributed by atoms with Crippen LogP contribution in [0.3, 0.4) is 0 Å². The molecule has 186 valence electrons. The molecule has 2 heterocycles.